The Kier molecular flexibility index (Phi) is 4.99. The van der Waals surface area contributed by atoms with Gasteiger partial charge in [-0.2, -0.15) is 0 Å². The molecule has 5 heteroatoms. The SMILES string of the molecule is CCC(C)N(C)C(=O)N1CCC(C(=O)O)CC1C. The minimum atomic E-state index is -0.746. The van der Waals surface area contributed by atoms with Crippen molar-refractivity contribution in [1.82, 2.24) is 9.80 Å². The van der Waals surface area contributed by atoms with Gasteiger partial charge < -0.3 is 14.9 Å². The van der Waals surface area contributed by atoms with Gasteiger partial charge in [0.1, 0.15) is 0 Å². The second-order valence-corrected chi connectivity index (χ2v) is 5.25. The third-order valence-corrected chi connectivity index (χ3v) is 4.02. The molecule has 18 heavy (non-hydrogen) atoms. The highest BCUT2D eigenvalue weighted by Gasteiger charge is 2.33. The average Bonchev–Trinajstić information content (AvgIpc) is 2.35. The van der Waals surface area contributed by atoms with Gasteiger partial charge in [0, 0.05) is 25.7 Å². The molecule has 1 heterocycles. The number of likely N-dealkylation sites (tertiary alicyclic amines) is 1. The van der Waals surface area contributed by atoms with Crippen LogP contribution in [-0.4, -0.2) is 52.6 Å². The number of carboxylic acid groups (broad SMARTS) is 1. The minimum Gasteiger partial charge on any atom is -0.481 e. The Balaban J connectivity index is 2.63. The Morgan fingerprint density at radius 1 is 1.50 bits per heavy atom. The van der Waals surface area contributed by atoms with Crippen LogP contribution in [0.5, 0.6) is 0 Å². The van der Waals surface area contributed by atoms with Gasteiger partial charge in [-0.25, -0.2) is 4.79 Å². The molecule has 2 amide bonds. The summed E-state index contributed by atoms with van der Waals surface area (Å²) in [7, 11) is 1.81. The van der Waals surface area contributed by atoms with Crippen molar-refractivity contribution < 1.29 is 14.7 Å². The molecule has 0 aromatic rings. The summed E-state index contributed by atoms with van der Waals surface area (Å²) in [6, 6.07) is 0.224. The summed E-state index contributed by atoms with van der Waals surface area (Å²) >= 11 is 0. The van der Waals surface area contributed by atoms with Crippen molar-refractivity contribution >= 4 is 12.0 Å². The fraction of sp³-hybridized carbons (Fsp3) is 0.846. The van der Waals surface area contributed by atoms with Gasteiger partial charge in [0.05, 0.1) is 5.92 Å². The lowest BCUT2D eigenvalue weighted by molar-refractivity contribution is -0.143. The smallest absolute Gasteiger partial charge is 0.320 e. The highest BCUT2D eigenvalue weighted by atomic mass is 16.4. The van der Waals surface area contributed by atoms with Crippen molar-refractivity contribution in [1.29, 1.82) is 0 Å². The van der Waals surface area contributed by atoms with Crippen LogP contribution in [-0.2, 0) is 4.79 Å². The molecule has 1 fully saturated rings. The summed E-state index contributed by atoms with van der Waals surface area (Å²) in [6.07, 6.45) is 2.03. The first kappa shape index (κ1) is 14.8. The van der Waals surface area contributed by atoms with Gasteiger partial charge in [0.25, 0.3) is 0 Å². The Labute approximate surface area is 109 Å². The lowest BCUT2D eigenvalue weighted by Crippen LogP contribution is -2.52. The Morgan fingerprint density at radius 2 is 2.11 bits per heavy atom. The van der Waals surface area contributed by atoms with Crippen molar-refractivity contribution in [2.24, 2.45) is 5.92 Å². The zero-order chi connectivity index (χ0) is 13.9. The molecule has 1 aliphatic heterocycles. The molecule has 0 spiro atoms. The maximum atomic E-state index is 12.3. The number of amides is 2. The van der Waals surface area contributed by atoms with Gasteiger partial charge in [0.2, 0.25) is 0 Å². The number of aliphatic carboxylic acids is 1. The summed E-state index contributed by atoms with van der Waals surface area (Å²) < 4.78 is 0. The van der Waals surface area contributed by atoms with Crippen LogP contribution in [0.15, 0.2) is 0 Å². The predicted octanol–water partition coefficient (Wildman–Crippen LogP) is 2.02. The first-order chi connectivity index (χ1) is 8.38. The lowest BCUT2D eigenvalue weighted by atomic mass is 9.92. The van der Waals surface area contributed by atoms with E-state index < -0.39 is 5.97 Å². The number of carbonyl (C=O) groups is 2. The number of hydrogen-bond acceptors (Lipinski definition) is 2. The van der Waals surface area contributed by atoms with E-state index in [1.54, 1.807) is 9.80 Å². The van der Waals surface area contributed by atoms with Gasteiger partial charge in [-0.1, -0.05) is 6.92 Å². The van der Waals surface area contributed by atoms with E-state index in [-0.39, 0.29) is 24.0 Å². The molecule has 1 aliphatic rings. The average molecular weight is 256 g/mol. The number of rotatable bonds is 3. The first-order valence-electron chi connectivity index (χ1n) is 6.64. The first-order valence-corrected chi connectivity index (χ1v) is 6.64. The van der Waals surface area contributed by atoms with Crippen molar-refractivity contribution in [2.45, 2.75) is 52.1 Å². The largest absolute Gasteiger partial charge is 0.481 e. The van der Waals surface area contributed by atoms with Crippen molar-refractivity contribution in [3.8, 4) is 0 Å². The Morgan fingerprint density at radius 3 is 2.56 bits per heavy atom. The summed E-state index contributed by atoms with van der Waals surface area (Å²) in [4.78, 5) is 26.8. The fourth-order valence-electron chi connectivity index (χ4n) is 2.35. The molecule has 3 unspecified atom stereocenters. The molecule has 104 valence electrons. The third kappa shape index (κ3) is 3.15. The van der Waals surface area contributed by atoms with Gasteiger partial charge in [0.15, 0.2) is 0 Å². The third-order valence-electron chi connectivity index (χ3n) is 4.02. The Bertz CT molecular complexity index is 319. The van der Waals surface area contributed by atoms with E-state index in [1.165, 1.54) is 0 Å². The molecular weight excluding hydrogens is 232 g/mol. The molecule has 5 nitrogen and oxygen atoms in total. The molecular formula is C13H24N2O3. The van der Waals surface area contributed by atoms with Crippen LogP contribution in [0, 0.1) is 5.92 Å². The van der Waals surface area contributed by atoms with Crippen LogP contribution >= 0.6 is 0 Å². The number of hydrogen-bond donors (Lipinski definition) is 1. The molecule has 1 N–H and O–H groups in total. The lowest BCUT2D eigenvalue weighted by Gasteiger charge is -2.39. The van der Waals surface area contributed by atoms with Gasteiger partial charge in [-0.3, -0.25) is 4.79 Å². The molecule has 3 atom stereocenters. The van der Waals surface area contributed by atoms with E-state index in [2.05, 4.69) is 6.92 Å². The number of urea groups is 1. The van der Waals surface area contributed by atoms with Crippen LogP contribution in [0.2, 0.25) is 0 Å². The maximum Gasteiger partial charge on any atom is 0.320 e. The molecule has 1 saturated heterocycles. The number of carboxylic acids is 1. The zero-order valence-electron chi connectivity index (χ0n) is 11.7. The van der Waals surface area contributed by atoms with E-state index in [1.807, 2.05) is 20.9 Å². The van der Waals surface area contributed by atoms with E-state index in [0.717, 1.165) is 6.42 Å². The van der Waals surface area contributed by atoms with Crippen LogP contribution in [0.1, 0.15) is 40.0 Å². The minimum absolute atomic E-state index is 0.00106. The standard InChI is InChI=1S/C13H24N2O3/c1-5-9(2)14(4)13(18)15-7-6-11(12(16)17)8-10(15)3/h9-11H,5-8H2,1-4H3,(H,16,17). The second-order valence-electron chi connectivity index (χ2n) is 5.25. The van der Waals surface area contributed by atoms with E-state index in [9.17, 15) is 9.59 Å². The summed E-state index contributed by atoms with van der Waals surface area (Å²) in [5, 5.41) is 9.00. The van der Waals surface area contributed by atoms with Crippen LogP contribution < -0.4 is 0 Å². The highest BCUT2D eigenvalue weighted by molar-refractivity contribution is 5.76. The number of piperidine rings is 1. The molecule has 0 saturated carbocycles. The summed E-state index contributed by atoms with van der Waals surface area (Å²) in [5.41, 5.74) is 0. The predicted molar refractivity (Wildman–Crippen MR) is 69.4 cm³/mol. The van der Waals surface area contributed by atoms with E-state index >= 15 is 0 Å². The monoisotopic (exact) mass is 256 g/mol. The Hall–Kier alpha value is -1.26. The van der Waals surface area contributed by atoms with Gasteiger partial charge in [-0.05, 0) is 33.1 Å². The van der Waals surface area contributed by atoms with Crippen LogP contribution in [0.3, 0.4) is 0 Å². The topological polar surface area (TPSA) is 60.9 Å². The normalized spacial score (nSPS) is 25.7. The molecule has 0 aliphatic carbocycles. The number of carbonyl (C=O) groups excluding carboxylic acids is 1. The molecule has 0 radical (unpaired) electrons. The molecule has 0 aromatic carbocycles. The van der Waals surface area contributed by atoms with Crippen LogP contribution in [0.25, 0.3) is 0 Å². The fourth-order valence-corrected chi connectivity index (χ4v) is 2.35. The highest BCUT2D eigenvalue weighted by Crippen LogP contribution is 2.24. The van der Waals surface area contributed by atoms with E-state index in [4.69, 9.17) is 5.11 Å². The second kappa shape index (κ2) is 6.07. The quantitative estimate of drug-likeness (QED) is 0.840. The van der Waals surface area contributed by atoms with Crippen LogP contribution in [0.4, 0.5) is 4.79 Å². The van der Waals surface area contributed by atoms with Gasteiger partial charge in [-0.15, -0.1) is 0 Å². The summed E-state index contributed by atoms with van der Waals surface area (Å²) in [6.45, 7) is 6.54. The number of nitrogens with zero attached hydrogens (tertiary/aromatic N) is 2. The molecule has 0 aromatic heterocycles. The molecule has 0 bridgehead atoms. The van der Waals surface area contributed by atoms with Crippen molar-refractivity contribution in [3.63, 3.8) is 0 Å². The van der Waals surface area contributed by atoms with E-state index in [0.29, 0.717) is 19.4 Å². The maximum absolute atomic E-state index is 12.3. The van der Waals surface area contributed by atoms with Crippen molar-refractivity contribution in [3.05, 3.63) is 0 Å². The summed E-state index contributed by atoms with van der Waals surface area (Å²) in [5.74, 6) is -1.05. The molecule has 1 rings (SSSR count). The van der Waals surface area contributed by atoms with Gasteiger partial charge >= 0.3 is 12.0 Å². The zero-order valence-corrected chi connectivity index (χ0v) is 11.7. The van der Waals surface area contributed by atoms with Crippen molar-refractivity contribution in [2.75, 3.05) is 13.6 Å².